The summed E-state index contributed by atoms with van der Waals surface area (Å²) in [5.41, 5.74) is 0.752. The summed E-state index contributed by atoms with van der Waals surface area (Å²) in [5.74, 6) is -1.32. The number of hydrogen-bond acceptors (Lipinski definition) is 3. The minimum absolute atomic E-state index is 0.0381. The van der Waals surface area contributed by atoms with Crippen molar-refractivity contribution in [2.45, 2.75) is 13.0 Å². The SMILES string of the molecule is CC1=C(C(=O)N(C)C)[C@@H](c2ccc(-c3c(F)cccc3F)o2)NC(=S)N1. The molecule has 1 atom stereocenters. The van der Waals surface area contributed by atoms with Gasteiger partial charge in [-0.15, -0.1) is 0 Å². The van der Waals surface area contributed by atoms with Crippen LogP contribution < -0.4 is 10.6 Å². The van der Waals surface area contributed by atoms with Gasteiger partial charge in [-0.3, -0.25) is 4.79 Å². The van der Waals surface area contributed by atoms with Crippen molar-refractivity contribution in [3.8, 4) is 11.3 Å². The highest BCUT2D eigenvalue weighted by molar-refractivity contribution is 7.80. The number of halogens is 2. The first kappa shape index (κ1) is 18.1. The molecule has 26 heavy (non-hydrogen) atoms. The maximum absolute atomic E-state index is 14.0. The Morgan fingerprint density at radius 2 is 1.85 bits per heavy atom. The Morgan fingerprint density at radius 3 is 2.46 bits per heavy atom. The number of allylic oxidation sites excluding steroid dienone is 1. The van der Waals surface area contributed by atoms with Gasteiger partial charge in [0.05, 0.1) is 11.1 Å². The van der Waals surface area contributed by atoms with Gasteiger partial charge in [0.15, 0.2) is 5.11 Å². The lowest BCUT2D eigenvalue weighted by atomic mass is 9.99. The highest BCUT2D eigenvalue weighted by atomic mass is 32.1. The number of amides is 1. The quantitative estimate of drug-likeness (QED) is 0.805. The third kappa shape index (κ3) is 3.20. The minimum atomic E-state index is -0.726. The Balaban J connectivity index is 2.06. The number of likely N-dealkylation sites (N-methyl/N-ethyl adjacent to an activating group) is 1. The second-order valence-electron chi connectivity index (χ2n) is 6.07. The summed E-state index contributed by atoms with van der Waals surface area (Å²) in [7, 11) is 3.27. The number of benzene rings is 1. The van der Waals surface area contributed by atoms with Gasteiger partial charge in [0.1, 0.15) is 29.2 Å². The predicted molar refractivity (Wildman–Crippen MR) is 97.1 cm³/mol. The molecule has 1 aliphatic rings. The Morgan fingerprint density at radius 1 is 1.19 bits per heavy atom. The summed E-state index contributed by atoms with van der Waals surface area (Å²) in [6.07, 6.45) is 0. The second kappa shape index (κ2) is 6.87. The van der Waals surface area contributed by atoms with Gasteiger partial charge in [-0.05, 0) is 43.4 Å². The summed E-state index contributed by atoms with van der Waals surface area (Å²) < 4.78 is 33.7. The Bertz CT molecular complexity index is 901. The zero-order valence-electron chi connectivity index (χ0n) is 14.4. The molecule has 2 N–H and O–H groups in total. The van der Waals surface area contributed by atoms with Crippen molar-refractivity contribution in [3.63, 3.8) is 0 Å². The van der Waals surface area contributed by atoms with E-state index in [0.29, 0.717) is 22.1 Å². The number of nitrogens with zero attached hydrogens (tertiary/aromatic N) is 1. The number of hydrogen-bond donors (Lipinski definition) is 2. The molecule has 1 aromatic carbocycles. The standard InChI is InChI=1S/C18H17F2N3O2S/c1-9-14(17(24)23(2)3)16(22-18(26)21-9)13-8-7-12(25-13)15-10(19)5-4-6-11(15)20/h4-8,16H,1-3H3,(H2,21,22,26)/t16-/m1/s1. The molecule has 1 amide bonds. The van der Waals surface area contributed by atoms with Crippen LogP contribution in [0.3, 0.4) is 0 Å². The van der Waals surface area contributed by atoms with E-state index in [-0.39, 0.29) is 17.2 Å². The summed E-state index contributed by atoms with van der Waals surface area (Å²) >= 11 is 5.16. The van der Waals surface area contributed by atoms with Crippen LogP contribution in [0.25, 0.3) is 11.3 Å². The monoisotopic (exact) mass is 377 g/mol. The van der Waals surface area contributed by atoms with Crippen LogP contribution in [0, 0.1) is 11.6 Å². The van der Waals surface area contributed by atoms with Gasteiger partial charge < -0.3 is 20.0 Å². The summed E-state index contributed by atoms with van der Waals surface area (Å²) in [6.45, 7) is 1.73. The minimum Gasteiger partial charge on any atom is -0.458 e. The molecule has 0 saturated carbocycles. The van der Waals surface area contributed by atoms with Crippen LogP contribution in [-0.4, -0.2) is 30.0 Å². The summed E-state index contributed by atoms with van der Waals surface area (Å²) in [5, 5.41) is 6.22. The van der Waals surface area contributed by atoms with Gasteiger partial charge in [0, 0.05) is 19.8 Å². The van der Waals surface area contributed by atoms with E-state index in [9.17, 15) is 13.6 Å². The fraction of sp³-hybridized carbons (Fsp3) is 0.222. The zero-order valence-corrected chi connectivity index (χ0v) is 15.2. The highest BCUT2D eigenvalue weighted by Crippen LogP contribution is 2.33. The van der Waals surface area contributed by atoms with Gasteiger partial charge >= 0.3 is 0 Å². The van der Waals surface area contributed by atoms with E-state index in [1.807, 2.05) is 0 Å². The third-order valence-electron chi connectivity index (χ3n) is 4.03. The number of carbonyl (C=O) groups excluding carboxylic acids is 1. The molecule has 2 heterocycles. The molecule has 0 radical (unpaired) electrons. The first-order chi connectivity index (χ1) is 12.3. The lowest BCUT2D eigenvalue weighted by Gasteiger charge is -2.30. The Hall–Kier alpha value is -2.74. The van der Waals surface area contributed by atoms with Crippen molar-refractivity contribution in [1.29, 1.82) is 0 Å². The molecule has 5 nitrogen and oxygen atoms in total. The molecule has 0 unspecified atom stereocenters. The number of nitrogens with one attached hydrogen (secondary N) is 2. The van der Waals surface area contributed by atoms with E-state index < -0.39 is 17.7 Å². The van der Waals surface area contributed by atoms with Crippen LogP contribution in [0.2, 0.25) is 0 Å². The number of carbonyl (C=O) groups is 1. The van der Waals surface area contributed by atoms with Crippen LogP contribution in [0.1, 0.15) is 18.7 Å². The van der Waals surface area contributed by atoms with Gasteiger partial charge in [-0.25, -0.2) is 8.78 Å². The largest absolute Gasteiger partial charge is 0.458 e. The third-order valence-corrected chi connectivity index (χ3v) is 4.25. The van der Waals surface area contributed by atoms with E-state index in [4.69, 9.17) is 16.6 Å². The lowest BCUT2D eigenvalue weighted by molar-refractivity contribution is -0.125. The van der Waals surface area contributed by atoms with Crippen molar-refractivity contribution in [2.24, 2.45) is 0 Å². The lowest BCUT2D eigenvalue weighted by Crippen LogP contribution is -2.46. The smallest absolute Gasteiger partial charge is 0.253 e. The van der Waals surface area contributed by atoms with Crippen LogP contribution in [0.5, 0.6) is 0 Å². The van der Waals surface area contributed by atoms with Crippen molar-refractivity contribution in [1.82, 2.24) is 15.5 Å². The van der Waals surface area contributed by atoms with Crippen LogP contribution in [0.15, 0.2) is 46.0 Å². The topological polar surface area (TPSA) is 57.5 Å². The molecule has 0 spiro atoms. The van der Waals surface area contributed by atoms with E-state index in [1.54, 1.807) is 27.1 Å². The molecule has 1 aliphatic heterocycles. The van der Waals surface area contributed by atoms with Crippen molar-refractivity contribution in [2.75, 3.05) is 14.1 Å². The van der Waals surface area contributed by atoms with Crippen LogP contribution in [-0.2, 0) is 4.79 Å². The maximum atomic E-state index is 14.0. The molecule has 1 aromatic heterocycles. The van der Waals surface area contributed by atoms with E-state index in [0.717, 1.165) is 12.1 Å². The summed E-state index contributed by atoms with van der Waals surface area (Å²) in [4.78, 5) is 14.0. The van der Waals surface area contributed by atoms with Gasteiger partial charge in [-0.1, -0.05) is 6.07 Å². The Labute approximate surface area is 154 Å². The highest BCUT2D eigenvalue weighted by Gasteiger charge is 2.33. The molecule has 0 saturated heterocycles. The number of thiocarbonyl (C=S) groups is 1. The first-order valence-corrected chi connectivity index (χ1v) is 8.24. The Kier molecular flexibility index (Phi) is 4.78. The first-order valence-electron chi connectivity index (χ1n) is 7.83. The van der Waals surface area contributed by atoms with Crippen molar-refractivity contribution in [3.05, 3.63) is 59.0 Å². The number of furan rings is 1. The molecule has 3 rings (SSSR count). The van der Waals surface area contributed by atoms with Crippen LogP contribution in [0.4, 0.5) is 8.78 Å². The second-order valence-corrected chi connectivity index (χ2v) is 6.48. The summed E-state index contributed by atoms with van der Waals surface area (Å²) in [6, 6.07) is 5.97. The average Bonchev–Trinajstić information content (AvgIpc) is 3.03. The zero-order chi connectivity index (χ0) is 19.0. The normalized spacial score (nSPS) is 17.0. The molecule has 0 bridgehead atoms. The maximum Gasteiger partial charge on any atom is 0.253 e. The van der Waals surface area contributed by atoms with Crippen molar-refractivity contribution < 1.29 is 18.0 Å². The molecule has 2 aromatic rings. The van der Waals surface area contributed by atoms with E-state index >= 15 is 0 Å². The van der Waals surface area contributed by atoms with Crippen LogP contribution >= 0.6 is 12.2 Å². The molecule has 0 aliphatic carbocycles. The van der Waals surface area contributed by atoms with Gasteiger partial charge in [0.2, 0.25) is 0 Å². The molecule has 0 fully saturated rings. The molecular formula is C18H17F2N3O2S. The molecule has 8 heteroatoms. The van der Waals surface area contributed by atoms with E-state index in [2.05, 4.69) is 10.6 Å². The fourth-order valence-electron chi connectivity index (χ4n) is 2.81. The van der Waals surface area contributed by atoms with Crippen molar-refractivity contribution >= 4 is 23.2 Å². The fourth-order valence-corrected chi connectivity index (χ4v) is 3.08. The molecule has 136 valence electrons. The van der Waals surface area contributed by atoms with Gasteiger partial charge in [-0.2, -0.15) is 0 Å². The number of rotatable bonds is 3. The average molecular weight is 377 g/mol. The predicted octanol–water partition coefficient (Wildman–Crippen LogP) is 3.11. The molecular weight excluding hydrogens is 360 g/mol. The van der Waals surface area contributed by atoms with Gasteiger partial charge in [0.25, 0.3) is 5.91 Å². The van der Waals surface area contributed by atoms with E-state index in [1.165, 1.54) is 17.0 Å².